The van der Waals surface area contributed by atoms with Gasteiger partial charge in [-0.05, 0) is 42.3 Å². The lowest BCUT2D eigenvalue weighted by Gasteiger charge is -2.04. The van der Waals surface area contributed by atoms with Crippen LogP contribution in [0.25, 0.3) is 22.1 Å². The maximum atomic E-state index is 13.1. The zero-order valence-corrected chi connectivity index (χ0v) is 17.1. The van der Waals surface area contributed by atoms with Gasteiger partial charge in [0.15, 0.2) is 5.76 Å². The predicted octanol–water partition coefficient (Wildman–Crippen LogP) is 6.34. The average Bonchev–Trinajstić information content (AvgIpc) is 3.06. The molecule has 0 fully saturated rings. The van der Waals surface area contributed by atoms with Crippen molar-refractivity contribution in [2.24, 2.45) is 5.90 Å². The number of ketones is 1. The SMILES string of the molecule is Cc1cccc(-c2ccc3c(CON)c(C(=O)c4ccc(Cl)cc4Cl)oc3c2)c1. The Hall–Kier alpha value is -2.63. The molecule has 6 heteroatoms. The van der Waals surface area contributed by atoms with E-state index in [1.165, 1.54) is 6.07 Å². The van der Waals surface area contributed by atoms with Crippen LogP contribution in [0.3, 0.4) is 0 Å². The molecule has 0 saturated carbocycles. The van der Waals surface area contributed by atoms with Crippen molar-refractivity contribution in [2.75, 3.05) is 0 Å². The quantitative estimate of drug-likeness (QED) is 0.299. The number of rotatable bonds is 5. The van der Waals surface area contributed by atoms with E-state index in [1.807, 2.05) is 43.3 Å². The summed E-state index contributed by atoms with van der Waals surface area (Å²) in [5, 5.41) is 1.47. The van der Waals surface area contributed by atoms with Crippen LogP contribution in [0.1, 0.15) is 27.2 Å². The number of hydrogen-bond donors (Lipinski definition) is 1. The molecule has 29 heavy (non-hydrogen) atoms. The normalized spacial score (nSPS) is 11.2. The van der Waals surface area contributed by atoms with Crippen LogP contribution in [-0.4, -0.2) is 5.78 Å². The molecule has 3 aromatic carbocycles. The van der Waals surface area contributed by atoms with Crippen molar-refractivity contribution in [2.45, 2.75) is 13.5 Å². The van der Waals surface area contributed by atoms with Crippen LogP contribution in [0.15, 0.2) is 65.1 Å². The lowest BCUT2D eigenvalue weighted by molar-refractivity contribution is 0.0992. The Balaban J connectivity index is 1.85. The van der Waals surface area contributed by atoms with E-state index in [1.54, 1.807) is 12.1 Å². The van der Waals surface area contributed by atoms with Gasteiger partial charge < -0.3 is 4.42 Å². The second kappa shape index (κ2) is 8.01. The Morgan fingerprint density at radius 3 is 2.55 bits per heavy atom. The summed E-state index contributed by atoms with van der Waals surface area (Å²) in [6.07, 6.45) is 0. The van der Waals surface area contributed by atoms with Gasteiger partial charge in [0.1, 0.15) is 5.58 Å². The van der Waals surface area contributed by atoms with Crippen molar-refractivity contribution in [1.29, 1.82) is 0 Å². The van der Waals surface area contributed by atoms with Gasteiger partial charge in [-0.3, -0.25) is 9.63 Å². The Labute approximate surface area is 177 Å². The minimum absolute atomic E-state index is 0.0308. The molecule has 0 radical (unpaired) electrons. The van der Waals surface area contributed by atoms with Gasteiger partial charge in [-0.25, -0.2) is 5.90 Å². The minimum atomic E-state index is -0.355. The highest BCUT2D eigenvalue weighted by atomic mass is 35.5. The third kappa shape index (κ3) is 3.80. The molecule has 1 aromatic heterocycles. The van der Waals surface area contributed by atoms with Crippen molar-refractivity contribution >= 4 is 40.0 Å². The first-order chi connectivity index (χ1) is 14.0. The highest BCUT2D eigenvalue weighted by molar-refractivity contribution is 6.37. The molecule has 4 aromatic rings. The number of nitrogens with two attached hydrogens (primary N) is 1. The molecule has 1 heterocycles. The van der Waals surface area contributed by atoms with E-state index < -0.39 is 0 Å². The summed E-state index contributed by atoms with van der Waals surface area (Å²) in [5.41, 5.74) is 4.66. The van der Waals surface area contributed by atoms with Crippen LogP contribution in [-0.2, 0) is 11.4 Å². The van der Waals surface area contributed by atoms with E-state index in [4.69, 9.17) is 38.4 Å². The lowest BCUT2D eigenvalue weighted by Crippen LogP contribution is -2.07. The van der Waals surface area contributed by atoms with Crippen molar-refractivity contribution in [3.8, 4) is 11.1 Å². The van der Waals surface area contributed by atoms with Gasteiger partial charge in [-0.1, -0.05) is 65.2 Å². The zero-order valence-electron chi connectivity index (χ0n) is 15.5. The number of hydrogen-bond acceptors (Lipinski definition) is 4. The second-order valence-corrected chi connectivity index (χ2v) is 7.60. The van der Waals surface area contributed by atoms with Crippen molar-refractivity contribution in [1.82, 2.24) is 0 Å². The van der Waals surface area contributed by atoms with Crippen LogP contribution in [0.4, 0.5) is 0 Å². The molecule has 4 rings (SSSR count). The van der Waals surface area contributed by atoms with E-state index in [9.17, 15) is 4.79 Å². The number of halogens is 2. The molecule has 0 spiro atoms. The molecule has 2 N–H and O–H groups in total. The number of aryl methyl sites for hydroxylation is 1. The van der Waals surface area contributed by atoms with Gasteiger partial charge in [-0.15, -0.1) is 0 Å². The zero-order chi connectivity index (χ0) is 20.5. The van der Waals surface area contributed by atoms with E-state index >= 15 is 0 Å². The van der Waals surface area contributed by atoms with E-state index in [2.05, 4.69) is 6.07 Å². The van der Waals surface area contributed by atoms with Crippen molar-refractivity contribution in [3.05, 3.63) is 93.2 Å². The van der Waals surface area contributed by atoms with Crippen LogP contribution in [0, 0.1) is 6.92 Å². The van der Waals surface area contributed by atoms with Crippen LogP contribution < -0.4 is 5.90 Å². The summed E-state index contributed by atoms with van der Waals surface area (Å²) in [4.78, 5) is 18.0. The summed E-state index contributed by atoms with van der Waals surface area (Å²) in [6.45, 7) is 2.07. The van der Waals surface area contributed by atoms with Gasteiger partial charge in [0, 0.05) is 21.5 Å². The third-order valence-electron chi connectivity index (χ3n) is 4.75. The lowest BCUT2D eigenvalue weighted by atomic mass is 10.0. The summed E-state index contributed by atoms with van der Waals surface area (Å²) >= 11 is 12.2. The van der Waals surface area contributed by atoms with Crippen LogP contribution in [0.2, 0.25) is 10.0 Å². The Kier molecular flexibility index (Phi) is 5.43. The first-order valence-electron chi connectivity index (χ1n) is 8.92. The molecule has 0 aliphatic heterocycles. The summed E-state index contributed by atoms with van der Waals surface area (Å²) < 4.78 is 5.97. The fourth-order valence-electron chi connectivity index (χ4n) is 3.36. The Morgan fingerprint density at radius 1 is 1.03 bits per heavy atom. The first-order valence-corrected chi connectivity index (χ1v) is 9.67. The van der Waals surface area contributed by atoms with E-state index in [0.717, 1.165) is 22.1 Å². The molecule has 0 aliphatic rings. The number of benzene rings is 3. The highest BCUT2D eigenvalue weighted by Crippen LogP contribution is 2.33. The fraction of sp³-hybridized carbons (Fsp3) is 0.0870. The summed E-state index contributed by atoms with van der Waals surface area (Å²) in [6, 6.07) is 18.7. The number of carbonyl (C=O) groups excluding carboxylic acids is 1. The highest BCUT2D eigenvalue weighted by Gasteiger charge is 2.24. The molecule has 0 aliphatic carbocycles. The standard InChI is InChI=1S/C23H17Cl2NO3/c1-13-3-2-4-14(9-13)15-5-7-17-19(12-28-26)23(29-21(17)10-15)22(27)18-8-6-16(24)11-20(18)25/h2-11H,12,26H2,1H3. The van der Waals surface area contributed by atoms with E-state index in [-0.39, 0.29) is 23.2 Å². The first kappa shape index (κ1) is 19.7. The van der Waals surface area contributed by atoms with Crippen LogP contribution in [0.5, 0.6) is 0 Å². The largest absolute Gasteiger partial charge is 0.452 e. The van der Waals surface area contributed by atoms with Crippen molar-refractivity contribution in [3.63, 3.8) is 0 Å². The smallest absolute Gasteiger partial charge is 0.230 e. The Bertz CT molecular complexity index is 1230. The molecule has 146 valence electrons. The number of carbonyl (C=O) groups is 1. The number of fused-ring (bicyclic) bond motifs is 1. The maximum Gasteiger partial charge on any atom is 0.230 e. The second-order valence-electron chi connectivity index (χ2n) is 6.75. The monoisotopic (exact) mass is 425 g/mol. The molecule has 0 unspecified atom stereocenters. The minimum Gasteiger partial charge on any atom is -0.452 e. The average molecular weight is 426 g/mol. The molecule has 0 amide bonds. The Morgan fingerprint density at radius 2 is 1.83 bits per heavy atom. The van der Waals surface area contributed by atoms with Gasteiger partial charge in [0.25, 0.3) is 0 Å². The van der Waals surface area contributed by atoms with Crippen LogP contribution >= 0.6 is 23.2 Å². The fourth-order valence-corrected chi connectivity index (χ4v) is 3.85. The van der Waals surface area contributed by atoms with Gasteiger partial charge >= 0.3 is 0 Å². The van der Waals surface area contributed by atoms with Crippen molar-refractivity contribution < 1.29 is 14.0 Å². The summed E-state index contributed by atoms with van der Waals surface area (Å²) in [7, 11) is 0. The molecule has 0 atom stereocenters. The molecular weight excluding hydrogens is 409 g/mol. The molecule has 4 nitrogen and oxygen atoms in total. The van der Waals surface area contributed by atoms with E-state index in [0.29, 0.717) is 21.7 Å². The molecular formula is C23H17Cl2NO3. The summed E-state index contributed by atoms with van der Waals surface area (Å²) in [5.74, 6) is 5.10. The van der Waals surface area contributed by atoms with Gasteiger partial charge in [0.05, 0.1) is 11.6 Å². The maximum absolute atomic E-state index is 13.1. The van der Waals surface area contributed by atoms with Gasteiger partial charge in [-0.2, -0.15) is 0 Å². The molecule has 0 saturated heterocycles. The van der Waals surface area contributed by atoms with Gasteiger partial charge in [0.2, 0.25) is 5.78 Å². The predicted molar refractivity (Wildman–Crippen MR) is 115 cm³/mol. The topological polar surface area (TPSA) is 65.5 Å². The molecule has 0 bridgehead atoms. The third-order valence-corrected chi connectivity index (χ3v) is 5.30. The number of furan rings is 1.